The van der Waals surface area contributed by atoms with E-state index >= 15 is 0 Å². The third-order valence-electron chi connectivity index (χ3n) is 4.02. The predicted molar refractivity (Wildman–Crippen MR) is 77.9 cm³/mol. The van der Waals surface area contributed by atoms with Crippen molar-refractivity contribution in [3.05, 3.63) is 35.4 Å². The van der Waals surface area contributed by atoms with Crippen LogP contribution in [-0.2, 0) is 6.54 Å². The summed E-state index contributed by atoms with van der Waals surface area (Å²) in [5.74, 6) is 0.565. The molecule has 1 aromatic rings. The highest BCUT2D eigenvalue weighted by Gasteiger charge is 2.12. The second kappa shape index (κ2) is 7.29. The van der Waals surface area contributed by atoms with Gasteiger partial charge in [-0.1, -0.05) is 44.2 Å². The molecule has 3 N–H and O–H groups in total. The Hall–Kier alpha value is -1.35. The quantitative estimate of drug-likeness (QED) is 0.773. The SMILES string of the molecule is NC(=O)c1ccc(CNCCC2CCCCC2)cc1. The third-order valence-corrected chi connectivity index (χ3v) is 4.02. The second-order valence-electron chi connectivity index (χ2n) is 5.53. The average molecular weight is 260 g/mol. The summed E-state index contributed by atoms with van der Waals surface area (Å²) < 4.78 is 0. The first kappa shape index (κ1) is 14.1. The molecule has 104 valence electrons. The molecule has 3 nitrogen and oxygen atoms in total. The largest absolute Gasteiger partial charge is 0.366 e. The van der Waals surface area contributed by atoms with Crippen LogP contribution in [0.15, 0.2) is 24.3 Å². The van der Waals surface area contributed by atoms with Crippen LogP contribution in [0.3, 0.4) is 0 Å². The molecule has 0 heterocycles. The summed E-state index contributed by atoms with van der Waals surface area (Å²) in [7, 11) is 0. The number of hydrogen-bond acceptors (Lipinski definition) is 2. The van der Waals surface area contributed by atoms with E-state index in [1.807, 2.05) is 12.1 Å². The minimum Gasteiger partial charge on any atom is -0.366 e. The first-order valence-corrected chi connectivity index (χ1v) is 7.35. The van der Waals surface area contributed by atoms with Gasteiger partial charge in [0.15, 0.2) is 0 Å². The Labute approximate surface area is 115 Å². The lowest BCUT2D eigenvalue weighted by molar-refractivity contribution is 0.100. The molecule has 0 bridgehead atoms. The van der Waals surface area contributed by atoms with Gasteiger partial charge in [0.25, 0.3) is 0 Å². The van der Waals surface area contributed by atoms with E-state index in [0.29, 0.717) is 5.56 Å². The molecule has 0 unspecified atom stereocenters. The maximum absolute atomic E-state index is 11.0. The molecule has 3 heteroatoms. The van der Waals surface area contributed by atoms with Crippen LogP contribution in [0.4, 0.5) is 0 Å². The minimum atomic E-state index is -0.364. The lowest BCUT2D eigenvalue weighted by Gasteiger charge is -2.21. The van der Waals surface area contributed by atoms with Gasteiger partial charge in [0, 0.05) is 12.1 Å². The van der Waals surface area contributed by atoms with E-state index in [9.17, 15) is 4.79 Å². The van der Waals surface area contributed by atoms with Crippen LogP contribution in [0.25, 0.3) is 0 Å². The van der Waals surface area contributed by atoms with E-state index in [2.05, 4.69) is 5.32 Å². The fraction of sp³-hybridized carbons (Fsp3) is 0.562. The van der Waals surface area contributed by atoms with E-state index < -0.39 is 0 Å². The highest BCUT2D eigenvalue weighted by Crippen LogP contribution is 2.25. The van der Waals surface area contributed by atoms with Gasteiger partial charge >= 0.3 is 0 Å². The van der Waals surface area contributed by atoms with Gasteiger partial charge in [0.1, 0.15) is 0 Å². The number of nitrogens with two attached hydrogens (primary N) is 1. The molecule has 1 amide bonds. The maximum Gasteiger partial charge on any atom is 0.248 e. The minimum absolute atomic E-state index is 0.364. The van der Waals surface area contributed by atoms with Gasteiger partial charge < -0.3 is 11.1 Å². The molecule has 1 aliphatic rings. The molecule has 1 aliphatic carbocycles. The predicted octanol–water partition coefficient (Wildman–Crippen LogP) is 2.85. The maximum atomic E-state index is 11.0. The van der Waals surface area contributed by atoms with E-state index in [1.165, 1.54) is 44.1 Å². The fourth-order valence-corrected chi connectivity index (χ4v) is 2.80. The van der Waals surface area contributed by atoms with Gasteiger partial charge in [0.05, 0.1) is 0 Å². The first-order chi connectivity index (χ1) is 9.25. The van der Waals surface area contributed by atoms with Crippen molar-refractivity contribution in [2.75, 3.05) is 6.54 Å². The van der Waals surface area contributed by atoms with Crippen molar-refractivity contribution in [3.63, 3.8) is 0 Å². The Morgan fingerprint density at radius 3 is 2.47 bits per heavy atom. The molecule has 0 atom stereocenters. The zero-order valence-corrected chi connectivity index (χ0v) is 11.5. The number of carbonyl (C=O) groups excluding carboxylic acids is 1. The van der Waals surface area contributed by atoms with Crippen molar-refractivity contribution in [1.29, 1.82) is 0 Å². The average Bonchev–Trinajstić information content (AvgIpc) is 2.45. The molecule has 2 rings (SSSR count). The number of benzene rings is 1. The molecule has 19 heavy (non-hydrogen) atoms. The molecular formula is C16H24N2O. The smallest absolute Gasteiger partial charge is 0.248 e. The van der Waals surface area contributed by atoms with Gasteiger partial charge in [-0.15, -0.1) is 0 Å². The summed E-state index contributed by atoms with van der Waals surface area (Å²) in [4.78, 5) is 11.0. The highest BCUT2D eigenvalue weighted by atomic mass is 16.1. The Bertz CT molecular complexity index is 394. The topological polar surface area (TPSA) is 55.1 Å². The van der Waals surface area contributed by atoms with E-state index in [4.69, 9.17) is 5.73 Å². The van der Waals surface area contributed by atoms with Gasteiger partial charge in [-0.25, -0.2) is 0 Å². The summed E-state index contributed by atoms with van der Waals surface area (Å²) in [6.07, 6.45) is 8.37. The zero-order valence-electron chi connectivity index (χ0n) is 11.5. The summed E-state index contributed by atoms with van der Waals surface area (Å²) in [6, 6.07) is 7.52. The number of hydrogen-bond donors (Lipinski definition) is 2. The summed E-state index contributed by atoms with van der Waals surface area (Å²) >= 11 is 0. The molecule has 0 aliphatic heterocycles. The number of amides is 1. The van der Waals surface area contributed by atoms with E-state index in [1.54, 1.807) is 12.1 Å². The van der Waals surface area contributed by atoms with Crippen LogP contribution < -0.4 is 11.1 Å². The Morgan fingerprint density at radius 1 is 1.16 bits per heavy atom. The first-order valence-electron chi connectivity index (χ1n) is 7.35. The highest BCUT2D eigenvalue weighted by molar-refractivity contribution is 5.92. The van der Waals surface area contributed by atoms with Crippen molar-refractivity contribution in [3.8, 4) is 0 Å². The Morgan fingerprint density at radius 2 is 1.84 bits per heavy atom. The monoisotopic (exact) mass is 260 g/mol. The summed E-state index contributed by atoms with van der Waals surface area (Å²) in [5, 5.41) is 3.48. The van der Waals surface area contributed by atoms with Crippen molar-refractivity contribution < 1.29 is 4.79 Å². The number of primary amides is 1. The number of carbonyl (C=O) groups is 1. The molecule has 1 fully saturated rings. The van der Waals surface area contributed by atoms with Gasteiger partial charge in [-0.3, -0.25) is 4.79 Å². The molecule has 0 radical (unpaired) electrons. The fourth-order valence-electron chi connectivity index (χ4n) is 2.80. The molecular weight excluding hydrogens is 236 g/mol. The Balaban J connectivity index is 1.66. The van der Waals surface area contributed by atoms with Crippen molar-refractivity contribution in [2.24, 2.45) is 11.7 Å². The van der Waals surface area contributed by atoms with Crippen LogP contribution in [0, 0.1) is 5.92 Å². The van der Waals surface area contributed by atoms with Crippen LogP contribution in [0.1, 0.15) is 54.4 Å². The third kappa shape index (κ3) is 4.67. The summed E-state index contributed by atoms with van der Waals surface area (Å²) in [5.41, 5.74) is 6.99. The lowest BCUT2D eigenvalue weighted by Crippen LogP contribution is -2.19. The molecule has 1 aromatic carbocycles. The van der Waals surface area contributed by atoms with Crippen LogP contribution in [0.5, 0.6) is 0 Å². The van der Waals surface area contributed by atoms with Gasteiger partial charge in [0.2, 0.25) is 5.91 Å². The molecule has 1 saturated carbocycles. The van der Waals surface area contributed by atoms with Crippen LogP contribution in [0.2, 0.25) is 0 Å². The second-order valence-corrected chi connectivity index (χ2v) is 5.53. The number of nitrogens with one attached hydrogen (secondary N) is 1. The van der Waals surface area contributed by atoms with Crippen LogP contribution >= 0.6 is 0 Å². The number of rotatable bonds is 6. The van der Waals surface area contributed by atoms with Gasteiger partial charge in [-0.2, -0.15) is 0 Å². The molecule has 0 spiro atoms. The van der Waals surface area contributed by atoms with Crippen molar-refractivity contribution in [1.82, 2.24) is 5.32 Å². The summed E-state index contributed by atoms with van der Waals surface area (Å²) in [6.45, 7) is 1.95. The van der Waals surface area contributed by atoms with Crippen molar-refractivity contribution in [2.45, 2.75) is 45.1 Å². The van der Waals surface area contributed by atoms with Crippen molar-refractivity contribution >= 4 is 5.91 Å². The van der Waals surface area contributed by atoms with Gasteiger partial charge in [-0.05, 0) is 36.6 Å². The van der Waals surface area contributed by atoms with Crippen LogP contribution in [-0.4, -0.2) is 12.5 Å². The standard InChI is InChI=1S/C16H24N2O/c17-16(19)15-8-6-14(7-9-15)12-18-11-10-13-4-2-1-3-5-13/h6-9,13,18H,1-5,10-12H2,(H2,17,19). The molecule has 0 aromatic heterocycles. The van der Waals surface area contributed by atoms with E-state index in [0.717, 1.165) is 19.0 Å². The van der Waals surface area contributed by atoms with E-state index in [-0.39, 0.29) is 5.91 Å². The molecule has 0 saturated heterocycles. The zero-order chi connectivity index (χ0) is 13.5. The lowest BCUT2D eigenvalue weighted by atomic mass is 9.87. The normalized spacial score (nSPS) is 16.4. The Kier molecular flexibility index (Phi) is 5.40.